The molecule has 0 aliphatic rings. The van der Waals surface area contributed by atoms with Crippen LogP contribution in [0.15, 0.2) is 42.7 Å². The molecular weight excluding hydrogens is 420 g/mol. The Balaban J connectivity index is 1.52. The van der Waals surface area contributed by atoms with Crippen LogP contribution in [0.2, 0.25) is 0 Å². The third-order valence-corrected chi connectivity index (χ3v) is 5.51. The third-order valence-electron chi connectivity index (χ3n) is 5.51. The predicted molar refractivity (Wildman–Crippen MR) is 124 cm³/mol. The van der Waals surface area contributed by atoms with E-state index in [4.69, 9.17) is 0 Å². The molecule has 0 saturated heterocycles. The maximum absolute atomic E-state index is 13.0. The van der Waals surface area contributed by atoms with Crippen LogP contribution in [0.4, 0.5) is 11.4 Å². The molecule has 10 nitrogen and oxygen atoms in total. The van der Waals surface area contributed by atoms with Gasteiger partial charge in [-0.05, 0) is 44.5 Å². The van der Waals surface area contributed by atoms with Crippen molar-refractivity contribution in [2.75, 3.05) is 10.6 Å². The molecule has 3 aromatic heterocycles. The summed E-state index contributed by atoms with van der Waals surface area (Å²) in [6.07, 6.45) is 3.04. The van der Waals surface area contributed by atoms with E-state index in [0.29, 0.717) is 23.5 Å². The number of carbonyl (C=O) groups is 2. The molecule has 0 atom stereocenters. The number of benzene rings is 1. The van der Waals surface area contributed by atoms with E-state index in [2.05, 4.69) is 25.9 Å². The van der Waals surface area contributed by atoms with Gasteiger partial charge in [-0.1, -0.05) is 12.1 Å². The summed E-state index contributed by atoms with van der Waals surface area (Å²) >= 11 is 0. The van der Waals surface area contributed by atoms with Gasteiger partial charge in [-0.25, -0.2) is 0 Å². The number of aromatic nitrogens is 6. The Morgan fingerprint density at radius 2 is 1.61 bits per heavy atom. The van der Waals surface area contributed by atoms with Crippen LogP contribution < -0.4 is 10.6 Å². The Morgan fingerprint density at radius 3 is 2.27 bits per heavy atom. The molecule has 0 aliphatic heterocycles. The molecule has 0 radical (unpaired) electrons. The lowest BCUT2D eigenvalue weighted by molar-refractivity contribution is 0.101. The first-order chi connectivity index (χ1) is 15.7. The Morgan fingerprint density at radius 1 is 0.909 bits per heavy atom. The Hall–Kier alpha value is -4.21. The molecule has 0 unspecified atom stereocenters. The Bertz CT molecular complexity index is 1340. The molecule has 4 aromatic rings. The van der Waals surface area contributed by atoms with Crippen molar-refractivity contribution >= 4 is 23.2 Å². The zero-order valence-corrected chi connectivity index (χ0v) is 19.2. The Kier molecular flexibility index (Phi) is 5.82. The van der Waals surface area contributed by atoms with Gasteiger partial charge in [0.1, 0.15) is 5.69 Å². The molecule has 0 bridgehead atoms. The van der Waals surface area contributed by atoms with Crippen LogP contribution in [0.5, 0.6) is 0 Å². The fraction of sp³-hybridized carbons (Fsp3) is 0.261. The lowest BCUT2D eigenvalue weighted by Crippen LogP contribution is -2.20. The van der Waals surface area contributed by atoms with E-state index >= 15 is 0 Å². The maximum Gasteiger partial charge on any atom is 0.276 e. The van der Waals surface area contributed by atoms with Crippen LogP contribution in [0.25, 0.3) is 0 Å². The van der Waals surface area contributed by atoms with Crippen LogP contribution in [0.3, 0.4) is 0 Å². The summed E-state index contributed by atoms with van der Waals surface area (Å²) in [6.45, 7) is 6.36. The fourth-order valence-electron chi connectivity index (χ4n) is 3.61. The zero-order valence-electron chi connectivity index (χ0n) is 19.2. The zero-order chi connectivity index (χ0) is 23.7. The van der Waals surface area contributed by atoms with Crippen molar-refractivity contribution in [2.45, 2.75) is 27.3 Å². The molecule has 3 heterocycles. The number of hydrogen-bond acceptors (Lipinski definition) is 5. The van der Waals surface area contributed by atoms with Crippen molar-refractivity contribution in [3.05, 3.63) is 76.6 Å². The molecule has 10 heteroatoms. The summed E-state index contributed by atoms with van der Waals surface area (Å²) in [5, 5.41) is 18.4. The molecule has 0 saturated carbocycles. The molecule has 2 N–H and O–H groups in total. The highest BCUT2D eigenvalue weighted by molar-refractivity contribution is 6.11. The van der Waals surface area contributed by atoms with E-state index in [1.54, 1.807) is 31.0 Å². The summed E-state index contributed by atoms with van der Waals surface area (Å²) in [4.78, 5) is 25.9. The Labute approximate surface area is 191 Å². The number of nitrogens with zero attached hydrogens (tertiary/aromatic N) is 6. The van der Waals surface area contributed by atoms with Gasteiger partial charge in [0.15, 0.2) is 0 Å². The first kappa shape index (κ1) is 22.0. The van der Waals surface area contributed by atoms with Crippen molar-refractivity contribution in [3.8, 4) is 0 Å². The first-order valence-electron chi connectivity index (χ1n) is 10.5. The topological polar surface area (TPSA) is 112 Å². The lowest BCUT2D eigenvalue weighted by atomic mass is 10.1. The van der Waals surface area contributed by atoms with Crippen molar-refractivity contribution in [1.82, 2.24) is 29.3 Å². The average molecular weight is 447 g/mol. The van der Waals surface area contributed by atoms with Gasteiger partial charge < -0.3 is 10.6 Å². The minimum absolute atomic E-state index is 0.241. The fourth-order valence-corrected chi connectivity index (χ4v) is 3.61. The van der Waals surface area contributed by atoms with Crippen molar-refractivity contribution in [3.63, 3.8) is 0 Å². The molecule has 170 valence electrons. The standard InChI is InChI=1S/C23H26N8O2/c1-14-9-15(2)31(28-14)13-17-7-6-8-18(10-17)22(32)27-20-12-25-30(5)21(20)23(33)26-19-11-24-29(4)16(19)3/h6-12H,13H2,1-5H3,(H,26,33)(H,27,32). The van der Waals surface area contributed by atoms with E-state index in [0.717, 1.165) is 22.6 Å². The molecule has 1 aromatic carbocycles. The van der Waals surface area contributed by atoms with Gasteiger partial charge in [0.2, 0.25) is 0 Å². The predicted octanol–water partition coefficient (Wildman–Crippen LogP) is 2.83. The molecular formula is C23H26N8O2. The quantitative estimate of drug-likeness (QED) is 0.473. The van der Waals surface area contributed by atoms with Gasteiger partial charge >= 0.3 is 0 Å². The highest BCUT2D eigenvalue weighted by atomic mass is 16.2. The van der Waals surface area contributed by atoms with Crippen molar-refractivity contribution in [1.29, 1.82) is 0 Å². The smallest absolute Gasteiger partial charge is 0.276 e. The summed E-state index contributed by atoms with van der Waals surface area (Å²) in [5.41, 5.74) is 5.41. The summed E-state index contributed by atoms with van der Waals surface area (Å²) < 4.78 is 4.99. The molecule has 2 amide bonds. The lowest BCUT2D eigenvalue weighted by Gasteiger charge is -2.10. The molecule has 33 heavy (non-hydrogen) atoms. The number of amides is 2. The second kappa shape index (κ2) is 8.73. The number of anilines is 2. The largest absolute Gasteiger partial charge is 0.319 e. The number of nitrogens with one attached hydrogen (secondary N) is 2. The van der Waals surface area contributed by atoms with Gasteiger partial charge in [0, 0.05) is 25.4 Å². The van der Waals surface area contributed by atoms with E-state index in [1.165, 1.54) is 10.9 Å². The van der Waals surface area contributed by atoms with Crippen LogP contribution in [0, 0.1) is 20.8 Å². The summed E-state index contributed by atoms with van der Waals surface area (Å²) in [6, 6.07) is 9.35. The van der Waals surface area contributed by atoms with Crippen LogP contribution in [-0.2, 0) is 20.6 Å². The van der Waals surface area contributed by atoms with Gasteiger partial charge in [0.05, 0.1) is 41.7 Å². The van der Waals surface area contributed by atoms with Crippen LogP contribution >= 0.6 is 0 Å². The SMILES string of the molecule is Cc1cc(C)n(Cc2cccc(C(=O)Nc3cnn(C)c3C(=O)Nc3cnn(C)c3C)c2)n1. The monoisotopic (exact) mass is 446 g/mol. The highest BCUT2D eigenvalue weighted by Crippen LogP contribution is 2.20. The average Bonchev–Trinajstić information content (AvgIpc) is 3.40. The van der Waals surface area contributed by atoms with Gasteiger partial charge in [-0.3, -0.25) is 23.6 Å². The third kappa shape index (κ3) is 4.54. The maximum atomic E-state index is 13.0. The van der Waals surface area contributed by atoms with E-state index in [9.17, 15) is 9.59 Å². The second-order valence-electron chi connectivity index (χ2n) is 7.99. The van der Waals surface area contributed by atoms with Gasteiger partial charge in [-0.15, -0.1) is 0 Å². The second-order valence-corrected chi connectivity index (χ2v) is 7.99. The first-order valence-corrected chi connectivity index (χ1v) is 10.5. The number of aryl methyl sites for hydroxylation is 4. The van der Waals surface area contributed by atoms with Crippen LogP contribution in [-0.4, -0.2) is 41.2 Å². The number of carbonyl (C=O) groups excluding carboxylic acids is 2. The molecule has 4 rings (SSSR count). The summed E-state index contributed by atoms with van der Waals surface area (Å²) in [7, 11) is 3.44. The number of rotatable bonds is 6. The van der Waals surface area contributed by atoms with Crippen molar-refractivity contribution in [2.24, 2.45) is 14.1 Å². The normalized spacial score (nSPS) is 10.9. The minimum Gasteiger partial charge on any atom is -0.319 e. The van der Waals surface area contributed by atoms with E-state index in [1.807, 2.05) is 49.7 Å². The van der Waals surface area contributed by atoms with E-state index < -0.39 is 0 Å². The minimum atomic E-state index is -0.389. The summed E-state index contributed by atoms with van der Waals surface area (Å²) in [5.74, 6) is -0.718. The number of hydrogen-bond donors (Lipinski definition) is 2. The molecule has 0 fully saturated rings. The van der Waals surface area contributed by atoms with Crippen molar-refractivity contribution < 1.29 is 9.59 Å². The van der Waals surface area contributed by atoms with Gasteiger partial charge in [0.25, 0.3) is 11.8 Å². The van der Waals surface area contributed by atoms with Gasteiger partial charge in [-0.2, -0.15) is 15.3 Å². The molecule has 0 spiro atoms. The van der Waals surface area contributed by atoms with E-state index in [-0.39, 0.29) is 17.5 Å². The highest BCUT2D eigenvalue weighted by Gasteiger charge is 2.21. The van der Waals surface area contributed by atoms with Crippen LogP contribution in [0.1, 0.15) is 43.5 Å². The molecule has 0 aliphatic carbocycles.